The second-order valence-electron chi connectivity index (χ2n) is 4.51. The Labute approximate surface area is 101 Å². The van der Waals surface area contributed by atoms with Crippen molar-refractivity contribution in [3.63, 3.8) is 0 Å². The first-order valence-electron chi connectivity index (χ1n) is 6.03. The maximum atomic E-state index is 13.5. The van der Waals surface area contributed by atoms with E-state index in [2.05, 4.69) is 11.9 Å². The molecule has 0 aromatic heterocycles. The number of likely N-dealkylation sites (N-methyl/N-ethyl adjacent to an activating group) is 1. The van der Waals surface area contributed by atoms with Crippen LogP contribution in [0.4, 0.5) is 4.39 Å². The highest BCUT2D eigenvalue weighted by Gasteiger charge is 2.21. The molecular formula is C13H19FN2O. The number of rotatable bonds is 4. The zero-order chi connectivity index (χ0) is 12.3. The van der Waals surface area contributed by atoms with Crippen LogP contribution in [0.1, 0.15) is 18.4 Å². The van der Waals surface area contributed by atoms with Crippen LogP contribution >= 0.6 is 0 Å². The molecule has 1 unspecified atom stereocenters. The van der Waals surface area contributed by atoms with E-state index >= 15 is 0 Å². The van der Waals surface area contributed by atoms with Gasteiger partial charge in [0.05, 0.1) is 0 Å². The van der Waals surface area contributed by atoms with Crippen LogP contribution in [-0.4, -0.2) is 31.1 Å². The van der Waals surface area contributed by atoms with Gasteiger partial charge in [-0.15, -0.1) is 0 Å². The molecule has 2 N–H and O–H groups in total. The zero-order valence-electron chi connectivity index (χ0n) is 10.2. The average molecular weight is 238 g/mol. The molecule has 0 spiro atoms. The second kappa shape index (κ2) is 5.47. The van der Waals surface area contributed by atoms with Gasteiger partial charge in [-0.2, -0.15) is 0 Å². The van der Waals surface area contributed by atoms with Crippen molar-refractivity contribution in [3.8, 4) is 5.75 Å². The number of benzene rings is 1. The standard InChI is InChI=1S/C13H19FN2O/c1-16-7-3-4-10(16)9-17-13-6-2-5-12(14)11(13)8-15/h2,5-6,10H,3-4,7-9,15H2,1H3. The summed E-state index contributed by atoms with van der Waals surface area (Å²) in [6, 6.07) is 5.28. The zero-order valence-corrected chi connectivity index (χ0v) is 10.2. The van der Waals surface area contributed by atoms with Gasteiger partial charge in [0.1, 0.15) is 18.2 Å². The molecule has 3 nitrogen and oxygen atoms in total. The summed E-state index contributed by atoms with van der Waals surface area (Å²) in [7, 11) is 2.09. The lowest BCUT2D eigenvalue weighted by Gasteiger charge is -2.20. The first-order valence-corrected chi connectivity index (χ1v) is 6.03. The molecule has 0 radical (unpaired) electrons. The van der Waals surface area contributed by atoms with E-state index in [1.54, 1.807) is 12.1 Å². The third-order valence-corrected chi connectivity index (χ3v) is 3.38. The Kier molecular flexibility index (Phi) is 3.97. The van der Waals surface area contributed by atoms with E-state index < -0.39 is 0 Å². The number of likely N-dealkylation sites (tertiary alicyclic amines) is 1. The Morgan fingerprint density at radius 3 is 3.00 bits per heavy atom. The molecule has 1 aromatic carbocycles. The Balaban J connectivity index is 2.01. The molecule has 2 rings (SSSR count). The van der Waals surface area contributed by atoms with E-state index in [9.17, 15) is 4.39 Å². The van der Waals surface area contributed by atoms with Gasteiger partial charge in [0.25, 0.3) is 0 Å². The molecule has 17 heavy (non-hydrogen) atoms. The van der Waals surface area contributed by atoms with Crippen LogP contribution in [-0.2, 0) is 6.54 Å². The fourth-order valence-corrected chi connectivity index (χ4v) is 2.25. The van der Waals surface area contributed by atoms with Crippen LogP contribution in [0.5, 0.6) is 5.75 Å². The van der Waals surface area contributed by atoms with Crippen molar-refractivity contribution in [3.05, 3.63) is 29.6 Å². The minimum Gasteiger partial charge on any atom is -0.492 e. The normalized spacial score (nSPS) is 20.8. The minimum atomic E-state index is -0.287. The third kappa shape index (κ3) is 2.76. The van der Waals surface area contributed by atoms with Crippen molar-refractivity contribution < 1.29 is 9.13 Å². The van der Waals surface area contributed by atoms with Crippen molar-refractivity contribution in [2.24, 2.45) is 5.73 Å². The van der Waals surface area contributed by atoms with Crippen LogP contribution < -0.4 is 10.5 Å². The van der Waals surface area contributed by atoms with Crippen LogP contribution in [0.15, 0.2) is 18.2 Å². The molecule has 1 atom stereocenters. The van der Waals surface area contributed by atoms with Crippen LogP contribution in [0, 0.1) is 5.82 Å². The molecule has 0 saturated carbocycles. The summed E-state index contributed by atoms with van der Waals surface area (Å²) in [6.07, 6.45) is 2.35. The summed E-state index contributed by atoms with van der Waals surface area (Å²) in [4.78, 5) is 2.28. The highest BCUT2D eigenvalue weighted by molar-refractivity contribution is 5.34. The molecule has 1 fully saturated rings. The number of ether oxygens (including phenoxy) is 1. The molecule has 1 saturated heterocycles. The fraction of sp³-hybridized carbons (Fsp3) is 0.538. The molecular weight excluding hydrogens is 219 g/mol. The predicted octanol–water partition coefficient (Wildman–Crippen LogP) is 1.76. The van der Waals surface area contributed by atoms with E-state index in [4.69, 9.17) is 10.5 Å². The molecule has 1 aliphatic heterocycles. The third-order valence-electron chi connectivity index (χ3n) is 3.38. The van der Waals surface area contributed by atoms with Gasteiger partial charge < -0.3 is 15.4 Å². The fourth-order valence-electron chi connectivity index (χ4n) is 2.25. The summed E-state index contributed by atoms with van der Waals surface area (Å²) >= 11 is 0. The first kappa shape index (κ1) is 12.3. The molecule has 0 aliphatic carbocycles. The summed E-state index contributed by atoms with van der Waals surface area (Å²) in [5, 5.41) is 0. The monoisotopic (exact) mass is 238 g/mol. The first-order chi connectivity index (χ1) is 8.22. The van der Waals surface area contributed by atoms with Gasteiger partial charge >= 0.3 is 0 Å². The van der Waals surface area contributed by atoms with Gasteiger partial charge in [-0.3, -0.25) is 0 Å². The molecule has 4 heteroatoms. The molecule has 0 bridgehead atoms. The number of hydrogen-bond acceptors (Lipinski definition) is 3. The van der Waals surface area contributed by atoms with Gasteiger partial charge in [0.15, 0.2) is 0 Å². The Morgan fingerprint density at radius 1 is 1.53 bits per heavy atom. The van der Waals surface area contributed by atoms with Crippen molar-refractivity contribution in [2.45, 2.75) is 25.4 Å². The van der Waals surface area contributed by atoms with Crippen molar-refractivity contribution in [1.29, 1.82) is 0 Å². The molecule has 1 heterocycles. The van der Waals surface area contributed by atoms with Crippen LogP contribution in [0.2, 0.25) is 0 Å². The average Bonchev–Trinajstić information content (AvgIpc) is 2.72. The Hall–Kier alpha value is -1.13. The van der Waals surface area contributed by atoms with E-state index in [0.29, 0.717) is 24.0 Å². The quantitative estimate of drug-likeness (QED) is 0.868. The molecule has 94 valence electrons. The van der Waals surface area contributed by atoms with Crippen LogP contribution in [0.3, 0.4) is 0 Å². The second-order valence-corrected chi connectivity index (χ2v) is 4.51. The highest BCUT2D eigenvalue weighted by atomic mass is 19.1. The topological polar surface area (TPSA) is 38.5 Å². The molecule has 0 amide bonds. The van der Waals surface area contributed by atoms with Gasteiger partial charge in [-0.25, -0.2) is 4.39 Å². The molecule has 1 aromatic rings. The van der Waals surface area contributed by atoms with Crippen LogP contribution in [0.25, 0.3) is 0 Å². The highest BCUT2D eigenvalue weighted by Crippen LogP contribution is 2.22. The minimum absolute atomic E-state index is 0.169. The summed E-state index contributed by atoms with van der Waals surface area (Å²) in [6.45, 7) is 1.89. The van der Waals surface area contributed by atoms with Gasteiger partial charge in [0, 0.05) is 18.2 Å². The summed E-state index contributed by atoms with van der Waals surface area (Å²) in [5.74, 6) is 0.289. The SMILES string of the molecule is CN1CCCC1COc1cccc(F)c1CN. The van der Waals surface area contributed by atoms with Crippen molar-refractivity contribution in [1.82, 2.24) is 4.90 Å². The maximum Gasteiger partial charge on any atom is 0.131 e. The number of hydrogen-bond donors (Lipinski definition) is 1. The van der Waals surface area contributed by atoms with E-state index in [1.807, 2.05) is 0 Å². The van der Waals surface area contributed by atoms with Gasteiger partial charge in [-0.1, -0.05) is 6.07 Å². The summed E-state index contributed by atoms with van der Waals surface area (Å²) < 4.78 is 19.2. The number of nitrogens with zero attached hydrogens (tertiary/aromatic N) is 1. The van der Waals surface area contributed by atoms with Crippen molar-refractivity contribution in [2.75, 3.05) is 20.2 Å². The van der Waals surface area contributed by atoms with E-state index in [0.717, 1.165) is 13.0 Å². The van der Waals surface area contributed by atoms with Crippen molar-refractivity contribution >= 4 is 0 Å². The Morgan fingerprint density at radius 2 is 2.35 bits per heavy atom. The van der Waals surface area contributed by atoms with E-state index in [-0.39, 0.29) is 12.4 Å². The predicted molar refractivity (Wildman–Crippen MR) is 65.4 cm³/mol. The molecule has 1 aliphatic rings. The lowest BCUT2D eigenvalue weighted by Crippen LogP contribution is -2.30. The largest absolute Gasteiger partial charge is 0.492 e. The smallest absolute Gasteiger partial charge is 0.131 e. The summed E-state index contributed by atoms with van der Waals surface area (Å²) in [5.41, 5.74) is 6.00. The maximum absolute atomic E-state index is 13.5. The van der Waals surface area contributed by atoms with Gasteiger partial charge in [0.2, 0.25) is 0 Å². The van der Waals surface area contributed by atoms with E-state index in [1.165, 1.54) is 12.5 Å². The number of nitrogens with two attached hydrogens (primary N) is 1. The van der Waals surface area contributed by atoms with Gasteiger partial charge in [-0.05, 0) is 38.6 Å². The number of halogens is 1. The lowest BCUT2D eigenvalue weighted by atomic mass is 10.2. The lowest BCUT2D eigenvalue weighted by molar-refractivity contribution is 0.196. The Bertz CT molecular complexity index is 384.